The van der Waals surface area contributed by atoms with Gasteiger partial charge in [0.05, 0.1) is 12.0 Å². The first kappa shape index (κ1) is 15.7. The van der Waals surface area contributed by atoms with Gasteiger partial charge in [0.25, 0.3) is 0 Å². The maximum atomic E-state index is 11.8. The Balaban J connectivity index is 2.18. The molecule has 2 atom stereocenters. The van der Waals surface area contributed by atoms with E-state index in [1.807, 2.05) is 19.1 Å². The number of ether oxygens (including phenoxy) is 1. The normalized spacial score (nSPS) is 21.9. The van der Waals surface area contributed by atoms with Crippen molar-refractivity contribution in [3.05, 3.63) is 27.7 Å². The molecule has 0 bridgehead atoms. The van der Waals surface area contributed by atoms with E-state index in [2.05, 4.69) is 28.2 Å². The number of nitrogen functional groups attached to an aromatic ring is 1. The van der Waals surface area contributed by atoms with Crippen LogP contribution in [-0.2, 0) is 16.0 Å². The van der Waals surface area contributed by atoms with E-state index in [0.29, 0.717) is 13.2 Å². The predicted octanol–water partition coefficient (Wildman–Crippen LogP) is 2.86. The lowest BCUT2D eigenvalue weighted by atomic mass is 10.1. The molecule has 0 radical (unpaired) electrons. The van der Waals surface area contributed by atoms with Crippen LogP contribution in [0.1, 0.15) is 30.3 Å². The molecule has 0 spiro atoms. The van der Waals surface area contributed by atoms with E-state index in [0.717, 1.165) is 27.7 Å². The second-order valence-electron chi connectivity index (χ2n) is 4.59. The highest BCUT2D eigenvalue weighted by Gasteiger charge is 2.33. The number of aryl methyl sites for hydroxylation is 1. The van der Waals surface area contributed by atoms with Gasteiger partial charge in [0.1, 0.15) is 5.25 Å². The third kappa shape index (κ3) is 3.30. The van der Waals surface area contributed by atoms with Gasteiger partial charge in [-0.05, 0) is 31.0 Å². The van der Waals surface area contributed by atoms with Crippen LogP contribution >= 0.6 is 27.7 Å². The predicted molar refractivity (Wildman–Crippen MR) is 86.7 cm³/mol. The van der Waals surface area contributed by atoms with E-state index in [4.69, 9.17) is 10.5 Å². The molecule has 1 aliphatic rings. The summed E-state index contributed by atoms with van der Waals surface area (Å²) in [5.41, 5.74) is 9.20. The van der Waals surface area contributed by atoms with Crippen molar-refractivity contribution in [3.63, 3.8) is 0 Å². The molecule has 20 heavy (non-hydrogen) atoms. The molecule has 1 fully saturated rings. The number of nitrogens with two attached hydrogens (primary N) is 1. The Hall–Kier alpha value is -0.720. The molecule has 0 saturated carbocycles. The van der Waals surface area contributed by atoms with Crippen molar-refractivity contribution in [3.8, 4) is 0 Å². The maximum absolute atomic E-state index is 11.8. The van der Waals surface area contributed by atoms with E-state index in [1.54, 1.807) is 11.8 Å². The van der Waals surface area contributed by atoms with Crippen LogP contribution in [0.25, 0.3) is 0 Å². The number of thioether (sulfide) groups is 1. The standard InChI is InChI=1S/C14H19BrN2O2S/c1-3-8-5-9(15)6-10(12(8)16)13-17-7-11(20-13)14(18)19-4-2/h5-6,11,13,17H,3-4,7,16H2,1-2H3. The molecule has 4 nitrogen and oxygen atoms in total. The third-order valence-corrected chi connectivity index (χ3v) is 5.10. The van der Waals surface area contributed by atoms with Gasteiger partial charge in [-0.2, -0.15) is 0 Å². The molecule has 0 aromatic heterocycles. The van der Waals surface area contributed by atoms with Crippen LogP contribution in [0.5, 0.6) is 0 Å². The van der Waals surface area contributed by atoms with Gasteiger partial charge in [0, 0.05) is 22.3 Å². The Morgan fingerprint density at radius 3 is 2.95 bits per heavy atom. The Kier molecular flexibility index (Phi) is 5.35. The van der Waals surface area contributed by atoms with Crippen molar-refractivity contribution < 1.29 is 9.53 Å². The molecule has 1 aromatic carbocycles. The van der Waals surface area contributed by atoms with E-state index < -0.39 is 0 Å². The highest BCUT2D eigenvalue weighted by molar-refractivity contribution is 9.10. The third-order valence-electron chi connectivity index (χ3n) is 3.26. The Morgan fingerprint density at radius 1 is 1.55 bits per heavy atom. The smallest absolute Gasteiger partial charge is 0.320 e. The summed E-state index contributed by atoms with van der Waals surface area (Å²) in [4.78, 5) is 11.8. The number of halogens is 1. The van der Waals surface area contributed by atoms with Crippen molar-refractivity contribution in [2.75, 3.05) is 18.9 Å². The van der Waals surface area contributed by atoms with Crippen LogP contribution in [-0.4, -0.2) is 24.4 Å². The van der Waals surface area contributed by atoms with Gasteiger partial charge in [-0.1, -0.05) is 22.9 Å². The van der Waals surface area contributed by atoms with Crippen molar-refractivity contribution in [1.29, 1.82) is 0 Å². The Bertz CT molecular complexity index is 510. The molecule has 1 heterocycles. The highest BCUT2D eigenvalue weighted by atomic mass is 79.9. The van der Waals surface area contributed by atoms with E-state index in [1.165, 1.54) is 0 Å². The second kappa shape index (κ2) is 6.83. The van der Waals surface area contributed by atoms with Crippen molar-refractivity contribution in [1.82, 2.24) is 5.32 Å². The van der Waals surface area contributed by atoms with Crippen molar-refractivity contribution in [2.24, 2.45) is 0 Å². The topological polar surface area (TPSA) is 64.3 Å². The van der Waals surface area contributed by atoms with Crippen LogP contribution in [0.2, 0.25) is 0 Å². The molecule has 1 saturated heterocycles. The Labute approximate surface area is 132 Å². The second-order valence-corrected chi connectivity index (χ2v) is 6.81. The number of hydrogen-bond donors (Lipinski definition) is 2. The highest BCUT2D eigenvalue weighted by Crippen LogP contribution is 2.40. The fraction of sp³-hybridized carbons (Fsp3) is 0.500. The molecule has 2 unspecified atom stereocenters. The average molecular weight is 359 g/mol. The van der Waals surface area contributed by atoms with Gasteiger partial charge in [-0.3, -0.25) is 10.1 Å². The fourth-order valence-electron chi connectivity index (χ4n) is 2.24. The van der Waals surface area contributed by atoms with Crippen LogP contribution in [0.4, 0.5) is 5.69 Å². The molecule has 0 aliphatic carbocycles. The van der Waals surface area contributed by atoms with Crippen molar-refractivity contribution >= 4 is 39.3 Å². The van der Waals surface area contributed by atoms with Gasteiger partial charge in [-0.15, -0.1) is 11.8 Å². The van der Waals surface area contributed by atoms with Crippen molar-refractivity contribution in [2.45, 2.75) is 30.9 Å². The monoisotopic (exact) mass is 358 g/mol. The summed E-state index contributed by atoms with van der Waals surface area (Å²) in [6.45, 7) is 4.93. The summed E-state index contributed by atoms with van der Waals surface area (Å²) >= 11 is 5.09. The fourth-order valence-corrected chi connectivity index (χ4v) is 4.00. The SMILES string of the molecule is CCOC(=O)C1CNC(c2cc(Br)cc(CC)c2N)S1. The number of esters is 1. The summed E-state index contributed by atoms with van der Waals surface area (Å²) in [6, 6.07) is 4.06. The summed E-state index contributed by atoms with van der Waals surface area (Å²) in [7, 11) is 0. The number of carbonyl (C=O) groups excluding carboxylic acids is 1. The van der Waals surface area contributed by atoms with Gasteiger partial charge < -0.3 is 10.5 Å². The molecule has 6 heteroatoms. The molecule has 1 aliphatic heterocycles. The van der Waals surface area contributed by atoms with Gasteiger partial charge >= 0.3 is 5.97 Å². The van der Waals surface area contributed by atoms with E-state index in [-0.39, 0.29) is 16.6 Å². The molecule has 2 rings (SSSR count). The lowest BCUT2D eigenvalue weighted by Crippen LogP contribution is -2.24. The van der Waals surface area contributed by atoms with E-state index in [9.17, 15) is 4.79 Å². The summed E-state index contributed by atoms with van der Waals surface area (Å²) in [5.74, 6) is -0.156. The first-order valence-corrected chi connectivity index (χ1v) is 8.43. The molecule has 0 amide bonds. The van der Waals surface area contributed by atoms with Gasteiger partial charge in [-0.25, -0.2) is 0 Å². The zero-order chi connectivity index (χ0) is 14.7. The zero-order valence-corrected chi connectivity index (χ0v) is 14.0. The summed E-state index contributed by atoms with van der Waals surface area (Å²) in [5, 5.41) is 3.21. The molecule has 110 valence electrons. The van der Waals surface area contributed by atoms with Crippen LogP contribution < -0.4 is 11.1 Å². The Morgan fingerprint density at radius 2 is 2.30 bits per heavy atom. The number of carbonyl (C=O) groups is 1. The number of nitrogens with one attached hydrogen (secondary N) is 1. The van der Waals surface area contributed by atoms with Crippen LogP contribution in [0.3, 0.4) is 0 Å². The first-order valence-electron chi connectivity index (χ1n) is 6.70. The maximum Gasteiger partial charge on any atom is 0.320 e. The average Bonchev–Trinajstić information content (AvgIpc) is 2.91. The number of anilines is 1. The quantitative estimate of drug-likeness (QED) is 0.639. The summed E-state index contributed by atoms with van der Waals surface area (Å²) in [6.07, 6.45) is 0.886. The number of hydrogen-bond acceptors (Lipinski definition) is 5. The van der Waals surface area contributed by atoms with E-state index >= 15 is 0 Å². The van der Waals surface area contributed by atoms with Crippen LogP contribution in [0.15, 0.2) is 16.6 Å². The molecule has 1 aromatic rings. The van der Waals surface area contributed by atoms with Crippen LogP contribution in [0, 0.1) is 0 Å². The van der Waals surface area contributed by atoms with Gasteiger partial charge in [0.2, 0.25) is 0 Å². The minimum atomic E-state index is -0.164. The first-order chi connectivity index (χ1) is 9.56. The molecular weight excluding hydrogens is 340 g/mol. The minimum absolute atomic E-state index is 0.0345. The molecular formula is C14H19BrN2O2S. The number of rotatable bonds is 4. The molecule has 3 N–H and O–H groups in total. The largest absolute Gasteiger partial charge is 0.465 e. The lowest BCUT2D eigenvalue weighted by Gasteiger charge is -2.16. The lowest BCUT2D eigenvalue weighted by molar-refractivity contribution is -0.142. The zero-order valence-electron chi connectivity index (χ0n) is 11.6. The summed E-state index contributed by atoms with van der Waals surface area (Å²) < 4.78 is 6.08. The number of benzene rings is 1. The van der Waals surface area contributed by atoms with Gasteiger partial charge in [0.15, 0.2) is 0 Å². The minimum Gasteiger partial charge on any atom is -0.465 e.